The van der Waals surface area contributed by atoms with Crippen LogP contribution in [-0.4, -0.2) is 23.1 Å². The summed E-state index contributed by atoms with van der Waals surface area (Å²) in [6, 6.07) is 7.93. The van der Waals surface area contributed by atoms with Crippen LogP contribution in [0.2, 0.25) is 0 Å². The highest BCUT2D eigenvalue weighted by atomic mass is 19.1. The molecule has 0 aliphatic carbocycles. The Balaban J connectivity index is 2.04. The third-order valence-electron chi connectivity index (χ3n) is 2.78. The lowest BCUT2D eigenvalue weighted by atomic mass is 10.1. The van der Waals surface area contributed by atoms with Crippen molar-refractivity contribution in [3.63, 3.8) is 0 Å². The average molecular weight is 273 g/mol. The van der Waals surface area contributed by atoms with Gasteiger partial charge in [-0.3, -0.25) is 0 Å². The molecule has 0 saturated carbocycles. The van der Waals surface area contributed by atoms with Crippen molar-refractivity contribution in [2.45, 2.75) is 6.92 Å². The number of aromatic nitrogens is 2. The molecule has 4 nitrogen and oxygen atoms in total. The van der Waals surface area contributed by atoms with Crippen LogP contribution < -0.4 is 10.5 Å². The molecule has 2 N–H and O–H groups in total. The normalized spacial score (nSPS) is 11.4. The van der Waals surface area contributed by atoms with Crippen molar-refractivity contribution in [3.8, 4) is 17.1 Å². The maximum Gasteiger partial charge on any atom is 0.159 e. The van der Waals surface area contributed by atoms with Crippen molar-refractivity contribution in [1.82, 2.24) is 9.97 Å². The predicted molar refractivity (Wildman–Crippen MR) is 75.9 cm³/mol. The zero-order valence-electron chi connectivity index (χ0n) is 11.2. The van der Waals surface area contributed by atoms with Crippen molar-refractivity contribution in [3.05, 3.63) is 54.1 Å². The predicted octanol–water partition coefficient (Wildman–Crippen LogP) is 2.64. The maximum absolute atomic E-state index is 12.3. The first kappa shape index (κ1) is 14.1. The zero-order chi connectivity index (χ0) is 14.4. The van der Waals surface area contributed by atoms with Gasteiger partial charge in [-0.1, -0.05) is 29.8 Å². The van der Waals surface area contributed by atoms with Crippen LogP contribution in [0, 0.1) is 6.92 Å². The molecule has 0 spiro atoms. The zero-order valence-corrected chi connectivity index (χ0v) is 11.2. The Morgan fingerprint density at radius 1 is 1.25 bits per heavy atom. The van der Waals surface area contributed by atoms with Crippen LogP contribution in [0.25, 0.3) is 11.4 Å². The van der Waals surface area contributed by atoms with E-state index < -0.39 is 0 Å². The SMILES string of the molecule is Cc1ccc(-c2ncc(OC/C(=C\F)CN)cn2)cc1. The minimum absolute atomic E-state index is 0.0975. The third kappa shape index (κ3) is 3.61. The van der Waals surface area contributed by atoms with E-state index in [0.29, 0.717) is 23.5 Å². The fourth-order valence-electron chi connectivity index (χ4n) is 1.55. The molecular weight excluding hydrogens is 257 g/mol. The molecule has 0 aliphatic rings. The molecule has 0 atom stereocenters. The first-order valence-electron chi connectivity index (χ1n) is 6.23. The van der Waals surface area contributed by atoms with Crippen molar-refractivity contribution in [1.29, 1.82) is 0 Å². The van der Waals surface area contributed by atoms with Crippen LogP contribution in [-0.2, 0) is 0 Å². The molecule has 0 bridgehead atoms. The highest BCUT2D eigenvalue weighted by molar-refractivity contribution is 5.55. The number of halogens is 1. The van der Waals surface area contributed by atoms with Crippen molar-refractivity contribution < 1.29 is 9.13 Å². The molecule has 0 saturated heterocycles. The van der Waals surface area contributed by atoms with E-state index in [1.54, 1.807) is 12.4 Å². The number of ether oxygens (including phenoxy) is 1. The van der Waals surface area contributed by atoms with Gasteiger partial charge in [-0.05, 0) is 6.92 Å². The van der Waals surface area contributed by atoms with E-state index >= 15 is 0 Å². The van der Waals surface area contributed by atoms with E-state index in [0.717, 1.165) is 5.56 Å². The summed E-state index contributed by atoms with van der Waals surface area (Å²) < 4.78 is 17.7. The molecule has 0 fully saturated rings. The summed E-state index contributed by atoms with van der Waals surface area (Å²) in [6.45, 7) is 2.24. The Morgan fingerprint density at radius 3 is 2.45 bits per heavy atom. The van der Waals surface area contributed by atoms with Crippen LogP contribution in [0.15, 0.2) is 48.6 Å². The summed E-state index contributed by atoms with van der Waals surface area (Å²) in [6.07, 6.45) is 3.59. The number of hydrogen-bond acceptors (Lipinski definition) is 4. The van der Waals surface area contributed by atoms with Crippen LogP contribution >= 0.6 is 0 Å². The monoisotopic (exact) mass is 273 g/mol. The van der Waals surface area contributed by atoms with Gasteiger partial charge in [0.15, 0.2) is 11.6 Å². The minimum atomic E-state index is 0.0975. The largest absolute Gasteiger partial charge is 0.486 e. The number of rotatable bonds is 5. The lowest BCUT2D eigenvalue weighted by molar-refractivity contribution is 0.344. The highest BCUT2D eigenvalue weighted by Gasteiger charge is 2.03. The minimum Gasteiger partial charge on any atom is -0.486 e. The summed E-state index contributed by atoms with van der Waals surface area (Å²) in [5.41, 5.74) is 7.84. The average Bonchev–Trinajstić information content (AvgIpc) is 2.50. The van der Waals surface area contributed by atoms with E-state index in [1.165, 1.54) is 5.56 Å². The molecule has 0 unspecified atom stereocenters. The molecule has 5 heteroatoms. The van der Waals surface area contributed by atoms with E-state index in [1.807, 2.05) is 31.2 Å². The van der Waals surface area contributed by atoms with Crippen molar-refractivity contribution in [2.24, 2.45) is 5.73 Å². The molecule has 0 radical (unpaired) electrons. The molecule has 104 valence electrons. The first-order chi connectivity index (χ1) is 9.72. The number of hydrogen-bond donors (Lipinski definition) is 1. The van der Waals surface area contributed by atoms with Gasteiger partial charge in [0.1, 0.15) is 6.61 Å². The van der Waals surface area contributed by atoms with Crippen molar-refractivity contribution >= 4 is 0 Å². The topological polar surface area (TPSA) is 61.0 Å². The van der Waals surface area contributed by atoms with E-state index in [-0.39, 0.29) is 13.2 Å². The van der Waals surface area contributed by atoms with E-state index in [2.05, 4.69) is 9.97 Å². The summed E-state index contributed by atoms with van der Waals surface area (Å²) in [5.74, 6) is 1.10. The third-order valence-corrected chi connectivity index (χ3v) is 2.78. The van der Waals surface area contributed by atoms with Gasteiger partial charge in [-0.2, -0.15) is 0 Å². The van der Waals surface area contributed by atoms with Gasteiger partial charge in [0.2, 0.25) is 0 Å². The van der Waals surface area contributed by atoms with Gasteiger partial charge in [-0.15, -0.1) is 0 Å². The second kappa shape index (κ2) is 6.77. The van der Waals surface area contributed by atoms with Gasteiger partial charge >= 0.3 is 0 Å². The van der Waals surface area contributed by atoms with E-state index in [4.69, 9.17) is 10.5 Å². The molecule has 0 amide bonds. The summed E-state index contributed by atoms with van der Waals surface area (Å²) in [4.78, 5) is 8.46. The molecular formula is C15H16FN3O. The van der Waals surface area contributed by atoms with Crippen molar-refractivity contribution in [2.75, 3.05) is 13.2 Å². The fraction of sp³-hybridized carbons (Fsp3) is 0.200. The van der Waals surface area contributed by atoms with E-state index in [9.17, 15) is 4.39 Å². The molecule has 0 aliphatic heterocycles. The number of aryl methyl sites for hydroxylation is 1. The van der Waals surface area contributed by atoms with Crippen LogP contribution in [0.3, 0.4) is 0 Å². The Morgan fingerprint density at radius 2 is 1.90 bits per heavy atom. The van der Waals surface area contributed by atoms with Crippen LogP contribution in [0.4, 0.5) is 4.39 Å². The van der Waals surface area contributed by atoms with Gasteiger partial charge in [0, 0.05) is 17.7 Å². The summed E-state index contributed by atoms with van der Waals surface area (Å²) in [7, 11) is 0. The lowest BCUT2D eigenvalue weighted by Crippen LogP contribution is -2.11. The molecule has 1 aromatic heterocycles. The smallest absolute Gasteiger partial charge is 0.159 e. The van der Waals surface area contributed by atoms with Gasteiger partial charge in [-0.25, -0.2) is 14.4 Å². The molecule has 2 aromatic rings. The molecule has 1 aromatic carbocycles. The van der Waals surface area contributed by atoms with Gasteiger partial charge in [0.25, 0.3) is 0 Å². The number of nitrogens with two attached hydrogens (primary N) is 1. The highest BCUT2D eigenvalue weighted by Crippen LogP contribution is 2.17. The molecule has 20 heavy (non-hydrogen) atoms. The quantitative estimate of drug-likeness (QED) is 0.909. The standard InChI is InChI=1S/C15H16FN3O/c1-11-2-4-13(5-3-11)15-18-8-14(9-19-15)20-10-12(6-16)7-17/h2-6,8-9H,7,10,17H2,1H3/b12-6-. The second-order valence-corrected chi connectivity index (χ2v) is 4.37. The number of benzene rings is 1. The molecule has 2 rings (SSSR count). The second-order valence-electron chi connectivity index (χ2n) is 4.37. The fourth-order valence-corrected chi connectivity index (χ4v) is 1.55. The molecule has 1 heterocycles. The van der Waals surface area contributed by atoms with Crippen LogP contribution in [0.1, 0.15) is 5.56 Å². The first-order valence-corrected chi connectivity index (χ1v) is 6.23. The van der Waals surface area contributed by atoms with Gasteiger partial charge in [0.05, 0.1) is 18.7 Å². The number of nitrogens with zero attached hydrogens (tertiary/aromatic N) is 2. The van der Waals surface area contributed by atoms with Crippen LogP contribution in [0.5, 0.6) is 5.75 Å². The Kier molecular flexibility index (Phi) is 4.79. The lowest BCUT2D eigenvalue weighted by Gasteiger charge is -2.07. The van der Waals surface area contributed by atoms with Gasteiger partial charge < -0.3 is 10.5 Å². The Bertz CT molecular complexity index is 579. The summed E-state index contributed by atoms with van der Waals surface area (Å²) in [5, 5.41) is 0. The maximum atomic E-state index is 12.3. The summed E-state index contributed by atoms with van der Waals surface area (Å²) >= 11 is 0. The Labute approximate surface area is 117 Å². The Hall–Kier alpha value is -2.27.